The second kappa shape index (κ2) is 5.03. The van der Waals surface area contributed by atoms with Gasteiger partial charge in [-0.25, -0.2) is 0 Å². The molecule has 1 aliphatic carbocycles. The Hall–Kier alpha value is 0.210. The maximum Gasteiger partial charge on any atom is 0.0491 e. The molecular formula is C12H23ClN2. The molecule has 2 nitrogen and oxygen atoms in total. The van der Waals surface area contributed by atoms with Gasteiger partial charge in [0, 0.05) is 43.6 Å². The monoisotopic (exact) mass is 230 g/mol. The van der Waals surface area contributed by atoms with E-state index >= 15 is 0 Å². The summed E-state index contributed by atoms with van der Waals surface area (Å²) in [6.45, 7) is 9.44. The molecule has 0 unspecified atom stereocenters. The molecule has 2 fully saturated rings. The third kappa shape index (κ3) is 2.66. The molecule has 2 aliphatic rings. The minimum Gasteiger partial charge on any atom is -0.298 e. The fourth-order valence-electron chi connectivity index (χ4n) is 2.89. The van der Waals surface area contributed by atoms with E-state index in [9.17, 15) is 0 Å². The highest BCUT2D eigenvalue weighted by atomic mass is 35.5. The number of hydrogen-bond donors (Lipinski definition) is 0. The summed E-state index contributed by atoms with van der Waals surface area (Å²) >= 11 is 6.36. The molecule has 88 valence electrons. The third-order valence-electron chi connectivity index (χ3n) is 3.95. The quantitative estimate of drug-likeness (QED) is 0.671. The Morgan fingerprint density at radius 1 is 1.07 bits per heavy atom. The standard InChI is InChI=1S/C12H23ClN2/c1-10(2)14-6-8-15(9-7-14)12-5-3-4-11(12)13/h10-12H,3-9H2,1-2H3/t11-,12-/m0/s1. The Balaban J connectivity index is 1.82. The Morgan fingerprint density at radius 3 is 2.20 bits per heavy atom. The first-order valence-corrected chi connectivity index (χ1v) is 6.74. The van der Waals surface area contributed by atoms with E-state index in [2.05, 4.69) is 23.6 Å². The highest BCUT2D eigenvalue weighted by Crippen LogP contribution is 2.29. The molecule has 3 heteroatoms. The summed E-state index contributed by atoms with van der Waals surface area (Å²) in [6, 6.07) is 1.36. The predicted molar refractivity (Wildman–Crippen MR) is 65.6 cm³/mol. The van der Waals surface area contributed by atoms with Crippen molar-refractivity contribution >= 4 is 11.6 Å². The molecule has 1 saturated heterocycles. The zero-order valence-corrected chi connectivity index (χ0v) is 10.7. The third-order valence-corrected chi connectivity index (χ3v) is 4.45. The summed E-state index contributed by atoms with van der Waals surface area (Å²) in [7, 11) is 0. The van der Waals surface area contributed by atoms with Gasteiger partial charge in [-0.15, -0.1) is 11.6 Å². The first-order chi connectivity index (χ1) is 7.18. The van der Waals surface area contributed by atoms with E-state index < -0.39 is 0 Å². The van der Waals surface area contributed by atoms with Gasteiger partial charge in [0.05, 0.1) is 0 Å². The van der Waals surface area contributed by atoms with Crippen molar-refractivity contribution in [3.63, 3.8) is 0 Å². The van der Waals surface area contributed by atoms with Crippen LogP contribution in [0.2, 0.25) is 0 Å². The fourth-order valence-corrected chi connectivity index (χ4v) is 3.33. The van der Waals surface area contributed by atoms with Crippen LogP contribution >= 0.6 is 11.6 Å². The number of piperazine rings is 1. The molecule has 2 atom stereocenters. The van der Waals surface area contributed by atoms with Gasteiger partial charge in [0.25, 0.3) is 0 Å². The molecule has 0 amide bonds. The largest absolute Gasteiger partial charge is 0.298 e. The zero-order chi connectivity index (χ0) is 10.8. The molecule has 0 spiro atoms. The van der Waals surface area contributed by atoms with Crippen LogP contribution in [0.15, 0.2) is 0 Å². The predicted octanol–water partition coefficient (Wildman–Crippen LogP) is 2.17. The summed E-state index contributed by atoms with van der Waals surface area (Å²) in [6.07, 6.45) is 3.86. The summed E-state index contributed by atoms with van der Waals surface area (Å²) in [5.41, 5.74) is 0. The average molecular weight is 231 g/mol. The maximum absolute atomic E-state index is 6.36. The van der Waals surface area contributed by atoms with Gasteiger partial charge in [0.15, 0.2) is 0 Å². The van der Waals surface area contributed by atoms with Crippen LogP contribution < -0.4 is 0 Å². The van der Waals surface area contributed by atoms with Crippen LogP contribution in [0.4, 0.5) is 0 Å². The smallest absolute Gasteiger partial charge is 0.0491 e. The lowest BCUT2D eigenvalue weighted by Crippen LogP contribution is -2.53. The van der Waals surface area contributed by atoms with Crippen molar-refractivity contribution < 1.29 is 0 Å². The average Bonchev–Trinajstić information content (AvgIpc) is 2.65. The molecule has 1 aliphatic heterocycles. The van der Waals surface area contributed by atoms with E-state index in [1.54, 1.807) is 0 Å². The van der Waals surface area contributed by atoms with Crippen molar-refractivity contribution in [1.29, 1.82) is 0 Å². The van der Waals surface area contributed by atoms with Gasteiger partial charge in [-0.3, -0.25) is 9.80 Å². The first-order valence-electron chi connectivity index (χ1n) is 6.30. The lowest BCUT2D eigenvalue weighted by atomic mass is 10.1. The van der Waals surface area contributed by atoms with Crippen molar-refractivity contribution in [2.45, 2.75) is 50.6 Å². The van der Waals surface area contributed by atoms with E-state index in [4.69, 9.17) is 11.6 Å². The molecule has 0 radical (unpaired) electrons. The Labute approximate surface area is 98.6 Å². The summed E-state index contributed by atoms with van der Waals surface area (Å²) in [5, 5.41) is 0.413. The molecule has 15 heavy (non-hydrogen) atoms. The number of halogens is 1. The van der Waals surface area contributed by atoms with Crippen molar-refractivity contribution in [3.8, 4) is 0 Å². The lowest BCUT2D eigenvalue weighted by Gasteiger charge is -2.40. The number of alkyl halides is 1. The van der Waals surface area contributed by atoms with Crippen LogP contribution in [0.1, 0.15) is 33.1 Å². The van der Waals surface area contributed by atoms with Crippen molar-refractivity contribution in [1.82, 2.24) is 9.80 Å². The van der Waals surface area contributed by atoms with Crippen LogP contribution in [0.3, 0.4) is 0 Å². The van der Waals surface area contributed by atoms with Crippen molar-refractivity contribution in [3.05, 3.63) is 0 Å². The molecule has 0 aromatic rings. The van der Waals surface area contributed by atoms with E-state index in [1.165, 1.54) is 45.4 Å². The van der Waals surface area contributed by atoms with Crippen LogP contribution in [-0.2, 0) is 0 Å². The van der Waals surface area contributed by atoms with Gasteiger partial charge < -0.3 is 0 Å². The van der Waals surface area contributed by atoms with Gasteiger partial charge in [-0.2, -0.15) is 0 Å². The van der Waals surface area contributed by atoms with Crippen molar-refractivity contribution in [2.75, 3.05) is 26.2 Å². The number of rotatable bonds is 2. The first kappa shape index (κ1) is 11.7. The molecule has 1 saturated carbocycles. The second-order valence-corrected chi connectivity index (χ2v) is 5.74. The highest BCUT2D eigenvalue weighted by Gasteiger charge is 2.32. The molecule has 1 heterocycles. The Kier molecular flexibility index (Phi) is 3.92. The van der Waals surface area contributed by atoms with Crippen LogP contribution in [0.5, 0.6) is 0 Å². The summed E-state index contributed by atoms with van der Waals surface area (Å²) in [4.78, 5) is 5.18. The number of hydrogen-bond acceptors (Lipinski definition) is 2. The van der Waals surface area contributed by atoms with Gasteiger partial charge in [0.1, 0.15) is 0 Å². The van der Waals surface area contributed by atoms with E-state index in [1.807, 2.05) is 0 Å². The fraction of sp³-hybridized carbons (Fsp3) is 1.00. The highest BCUT2D eigenvalue weighted by molar-refractivity contribution is 6.21. The molecule has 0 bridgehead atoms. The second-order valence-electron chi connectivity index (χ2n) is 5.18. The zero-order valence-electron chi connectivity index (χ0n) is 9.95. The summed E-state index contributed by atoms with van der Waals surface area (Å²) in [5.74, 6) is 0. The molecule has 0 aromatic heterocycles. The van der Waals surface area contributed by atoms with Crippen LogP contribution in [-0.4, -0.2) is 53.4 Å². The van der Waals surface area contributed by atoms with Crippen LogP contribution in [0, 0.1) is 0 Å². The molecule has 0 N–H and O–H groups in total. The van der Waals surface area contributed by atoms with E-state index in [0.717, 1.165) is 0 Å². The summed E-state index contributed by atoms with van der Waals surface area (Å²) < 4.78 is 0. The van der Waals surface area contributed by atoms with E-state index in [0.29, 0.717) is 17.5 Å². The SMILES string of the molecule is CC(C)N1CCN([C@H]2CCC[C@@H]2Cl)CC1. The normalized spacial score (nSPS) is 35.2. The minimum absolute atomic E-state index is 0.413. The Morgan fingerprint density at radius 2 is 1.73 bits per heavy atom. The molecule has 2 rings (SSSR count). The van der Waals surface area contributed by atoms with Gasteiger partial charge >= 0.3 is 0 Å². The van der Waals surface area contributed by atoms with Crippen LogP contribution in [0.25, 0.3) is 0 Å². The number of nitrogens with zero attached hydrogens (tertiary/aromatic N) is 2. The van der Waals surface area contributed by atoms with Gasteiger partial charge in [0.2, 0.25) is 0 Å². The van der Waals surface area contributed by atoms with Gasteiger partial charge in [-0.05, 0) is 26.7 Å². The van der Waals surface area contributed by atoms with E-state index in [-0.39, 0.29) is 0 Å². The van der Waals surface area contributed by atoms with Gasteiger partial charge in [-0.1, -0.05) is 6.42 Å². The Bertz CT molecular complexity index is 200. The molecular weight excluding hydrogens is 208 g/mol. The lowest BCUT2D eigenvalue weighted by molar-refractivity contribution is 0.0809. The molecule has 0 aromatic carbocycles. The topological polar surface area (TPSA) is 6.48 Å². The van der Waals surface area contributed by atoms with Crippen molar-refractivity contribution in [2.24, 2.45) is 0 Å². The maximum atomic E-state index is 6.36. The minimum atomic E-state index is 0.413.